The molecule has 0 spiro atoms. The van der Waals surface area contributed by atoms with Gasteiger partial charge in [-0.1, -0.05) is 13.8 Å². The second kappa shape index (κ2) is 7.19. The van der Waals surface area contributed by atoms with Crippen molar-refractivity contribution in [1.29, 1.82) is 0 Å². The van der Waals surface area contributed by atoms with E-state index in [9.17, 15) is 4.79 Å². The monoisotopic (exact) mass is 277 g/mol. The van der Waals surface area contributed by atoms with Crippen LogP contribution in [0, 0.1) is 5.92 Å². The van der Waals surface area contributed by atoms with Gasteiger partial charge in [0.1, 0.15) is 0 Å². The number of nitrogens with one attached hydrogen (secondary N) is 2. The van der Waals surface area contributed by atoms with Gasteiger partial charge in [-0.15, -0.1) is 5.10 Å². The molecule has 0 aliphatic carbocycles. The molecule has 2 heterocycles. The average Bonchev–Trinajstić information content (AvgIpc) is 2.47. The van der Waals surface area contributed by atoms with E-state index in [4.69, 9.17) is 0 Å². The summed E-state index contributed by atoms with van der Waals surface area (Å²) in [4.78, 5) is 14.4. The van der Waals surface area contributed by atoms with Crippen molar-refractivity contribution in [3.05, 3.63) is 18.0 Å². The van der Waals surface area contributed by atoms with Crippen LogP contribution in [0.3, 0.4) is 0 Å². The lowest BCUT2D eigenvalue weighted by atomic mass is 10.1. The number of hydrogen-bond donors (Lipinski definition) is 2. The topological polar surface area (TPSA) is 70.2 Å². The van der Waals surface area contributed by atoms with Crippen molar-refractivity contribution in [2.75, 3.05) is 37.6 Å². The summed E-state index contributed by atoms with van der Waals surface area (Å²) in [5.74, 6) is 0.442. The number of carbonyl (C=O) groups excluding carboxylic acids is 1. The van der Waals surface area contributed by atoms with E-state index in [1.807, 2.05) is 6.07 Å². The van der Waals surface area contributed by atoms with Crippen molar-refractivity contribution in [2.45, 2.75) is 20.3 Å². The fraction of sp³-hybridized carbons (Fsp3) is 0.643. The molecule has 1 aliphatic heterocycles. The van der Waals surface area contributed by atoms with E-state index < -0.39 is 0 Å². The molecular formula is C14H23N5O. The number of nitrogens with zero attached hydrogens (tertiary/aromatic N) is 3. The van der Waals surface area contributed by atoms with E-state index in [2.05, 4.69) is 39.6 Å². The Labute approximate surface area is 120 Å². The minimum Gasteiger partial charge on any atom is -0.367 e. The number of piperazine rings is 1. The van der Waals surface area contributed by atoms with Gasteiger partial charge in [0.15, 0.2) is 5.69 Å². The lowest BCUT2D eigenvalue weighted by molar-refractivity contribution is 0.0946. The van der Waals surface area contributed by atoms with Gasteiger partial charge in [0.2, 0.25) is 0 Å². The highest BCUT2D eigenvalue weighted by atomic mass is 16.1. The van der Waals surface area contributed by atoms with Crippen LogP contribution < -0.4 is 15.5 Å². The van der Waals surface area contributed by atoms with Crippen molar-refractivity contribution in [3.8, 4) is 0 Å². The number of anilines is 1. The van der Waals surface area contributed by atoms with Crippen LogP contribution in [-0.2, 0) is 0 Å². The first-order valence-electron chi connectivity index (χ1n) is 7.24. The second-order valence-electron chi connectivity index (χ2n) is 5.44. The summed E-state index contributed by atoms with van der Waals surface area (Å²) < 4.78 is 0. The Hall–Kier alpha value is -1.69. The van der Waals surface area contributed by atoms with E-state index in [-0.39, 0.29) is 5.91 Å². The van der Waals surface area contributed by atoms with E-state index in [0.29, 0.717) is 18.2 Å². The largest absolute Gasteiger partial charge is 0.367 e. The smallest absolute Gasteiger partial charge is 0.273 e. The van der Waals surface area contributed by atoms with Gasteiger partial charge in [0.25, 0.3) is 5.91 Å². The molecule has 1 aromatic rings. The summed E-state index contributed by atoms with van der Waals surface area (Å²) in [5.41, 5.74) is 1.31. The summed E-state index contributed by atoms with van der Waals surface area (Å²) >= 11 is 0. The van der Waals surface area contributed by atoms with Crippen LogP contribution in [0.1, 0.15) is 30.8 Å². The molecular weight excluding hydrogens is 254 g/mol. The minimum absolute atomic E-state index is 0.132. The van der Waals surface area contributed by atoms with Crippen LogP contribution >= 0.6 is 0 Å². The first-order valence-corrected chi connectivity index (χ1v) is 7.24. The molecule has 110 valence electrons. The van der Waals surface area contributed by atoms with Crippen LogP contribution in [0.4, 0.5) is 5.69 Å². The molecule has 20 heavy (non-hydrogen) atoms. The third-order valence-electron chi connectivity index (χ3n) is 3.38. The molecule has 2 rings (SSSR count). The zero-order valence-corrected chi connectivity index (χ0v) is 12.2. The van der Waals surface area contributed by atoms with Crippen LogP contribution in [0.15, 0.2) is 12.3 Å². The maximum Gasteiger partial charge on any atom is 0.273 e. The normalized spacial score (nSPS) is 15.4. The lowest BCUT2D eigenvalue weighted by Crippen LogP contribution is -2.44. The Kier molecular flexibility index (Phi) is 5.29. The highest BCUT2D eigenvalue weighted by Gasteiger charge is 2.19. The zero-order valence-electron chi connectivity index (χ0n) is 12.2. The molecule has 0 aromatic carbocycles. The third-order valence-corrected chi connectivity index (χ3v) is 3.38. The lowest BCUT2D eigenvalue weighted by Gasteiger charge is -2.30. The van der Waals surface area contributed by atoms with Crippen LogP contribution in [0.25, 0.3) is 0 Å². The Bertz CT molecular complexity index is 443. The molecule has 1 aromatic heterocycles. The van der Waals surface area contributed by atoms with Gasteiger partial charge in [0.05, 0.1) is 11.9 Å². The Morgan fingerprint density at radius 3 is 2.90 bits per heavy atom. The maximum atomic E-state index is 12.2. The number of hydrogen-bond acceptors (Lipinski definition) is 5. The third kappa shape index (κ3) is 3.90. The standard InChI is InChI=1S/C14H23N5O/c1-11(2)3-5-16-14(20)13-12(4-6-17-18-13)19-9-7-15-8-10-19/h4,6,11,15H,3,5,7-10H2,1-2H3,(H,16,20). The Morgan fingerprint density at radius 1 is 1.45 bits per heavy atom. The van der Waals surface area contributed by atoms with Gasteiger partial charge in [-0.25, -0.2) is 0 Å². The number of amides is 1. The van der Waals surface area contributed by atoms with E-state index in [1.54, 1.807) is 6.20 Å². The zero-order chi connectivity index (χ0) is 14.4. The van der Waals surface area contributed by atoms with E-state index in [0.717, 1.165) is 38.3 Å². The van der Waals surface area contributed by atoms with Gasteiger partial charge in [-0.3, -0.25) is 4.79 Å². The molecule has 0 unspecified atom stereocenters. The van der Waals surface area contributed by atoms with Crippen LogP contribution in [0.2, 0.25) is 0 Å². The summed E-state index contributed by atoms with van der Waals surface area (Å²) in [6.45, 7) is 8.58. The summed E-state index contributed by atoms with van der Waals surface area (Å²) in [6.07, 6.45) is 2.61. The molecule has 6 heteroatoms. The quantitative estimate of drug-likeness (QED) is 0.827. The van der Waals surface area contributed by atoms with Crippen molar-refractivity contribution >= 4 is 11.6 Å². The van der Waals surface area contributed by atoms with E-state index >= 15 is 0 Å². The average molecular weight is 277 g/mol. The molecule has 0 bridgehead atoms. The van der Waals surface area contributed by atoms with Crippen molar-refractivity contribution in [3.63, 3.8) is 0 Å². The molecule has 6 nitrogen and oxygen atoms in total. The first kappa shape index (κ1) is 14.7. The predicted molar refractivity (Wildman–Crippen MR) is 78.9 cm³/mol. The van der Waals surface area contributed by atoms with Gasteiger partial charge < -0.3 is 15.5 Å². The van der Waals surface area contributed by atoms with Gasteiger partial charge in [-0.2, -0.15) is 5.10 Å². The summed E-state index contributed by atoms with van der Waals surface area (Å²) in [5, 5.41) is 14.1. The minimum atomic E-state index is -0.132. The summed E-state index contributed by atoms with van der Waals surface area (Å²) in [7, 11) is 0. The van der Waals surface area contributed by atoms with Crippen LogP contribution in [0.5, 0.6) is 0 Å². The predicted octanol–water partition coefficient (Wildman–Crippen LogP) is 0.662. The summed E-state index contributed by atoms with van der Waals surface area (Å²) in [6, 6.07) is 1.87. The highest BCUT2D eigenvalue weighted by Crippen LogP contribution is 2.17. The van der Waals surface area contributed by atoms with Crippen molar-refractivity contribution in [2.24, 2.45) is 5.92 Å². The maximum absolute atomic E-state index is 12.2. The Morgan fingerprint density at radius 2 is 2.20 bits per heavy atom. The number of aromatic nitrogens is 2. The van der Waals surface area contributed by atoms with Gasteiger partial charge in [-0.05, 0) is 18.4 Å². The molecule has 1 aliphatic rings. The van der Waals surface area contributed by atoms with Crippen LogP contribution in [-0.4, -0.2) is 48.8 Å². The molecule has 2 N–H and O–H groups in total. The highest BCUT2D eigenvalue weighted by molar-refractivity contribution is 5.97. The SMILES string of the molecule is CC(C)CCNC(=O)c1nnccc1N1CCNCC1. The van der Waals surface area contributed by atoms with Crippen molar-refractivity contribution in [1.82, 2.24) is 20.8 Å². The molecule has 0 radical (unpaired) electrons. The molecule has 1 amide bonds. The van der Waals surface area contributed by atoms with Gasteiger partial charge in [0, 0.05) is 32.7 Å². The number of rotatable bonds is 5. The molecule has 1 saturated heterocycles. The molecule has 0 atom stereocenters. The fourth-order valence-corrected chi connectivity index (χ4v) is 2.21. The Balaban J connectivity index is 2.04. The second-order valence-corrected chi connectivity index (χ2v) is 5.44. The molecule has 1 fully saturated rings. The van der Waals surface area contributed by atoms with Gasteiger partial charge >= 0.3 is 0 Å². The first-order chi connectivity index (χ1) is 9.68. The van der Waals surface area contributed by atoms with Crippen molar-refractivity contribution < 1.29 is 4.79 Å². The number of carbonyl (C=O) groups is 1. The van der Waals surface area contributed by atoms with E-state index in [1.165, 1.54) is 0 Å². The fourth-order valence-electron chi connectivity index (χ4n) is 2.21. The molecule has 0 saturated carbocycles.